The normalized spacial score (nSPS) is 11.8. The molecule has 1 aromatic heterocycles. The second-order valence-electron chi connectivity index (χ2n) is 8.19. The number of benzene rings is 3. The Morgan fingerprint density at radius 3 is 2.38 bits per heavy atom. The summed E-state index contributed by atoms with van der Waals surface area (Å²) < 4.78 is 0. The maximum absolute atomic E-state index is 13.0. The zero-order valence-electron chi connectivity index (χ0n) is 18.8. The fourth-order valence-electron chi connectivity index (χ4n) is 3.87. The number of fused-ring (bicyclic) bond motifs is 1. The van der Waals surface area contributed by atoms with Gasteiger partial charge >= 0.3 is 0 Å². The molecule has 4 aromatic rings. The standard InChI is InChI=1S/C27H27ClN4O2/c28-21-15-12-20(13-16-21)14-17-24(26(33)29-18-6-9-19-7-2-1-3-8-19)30-27(34)25-22-10-4-5-11-23(22)31-32-25/h1-5,7-8,10-13,15-16,24H,6,9,14,17-18H2,(H,29,33)(H,30,34)(H,31,32)/t24-/m0/s1. The highest BCUT2D eigenvalue weighted by Gasteiger charge is 2.23. The molecule has 174 valence electrons. The van der Waals surface area contributed by atoms with Gasteiger partial charge in [-0.1, -0.05) is 72.3 Å². The molecule has 3 aromatic carbocycles. The van der Waals surface area contributed by atoms with Crippen LogP contribution >= 0.6 is 11.6 Å². The molecule has 0 spiro atoms. The largest absolute Gasteiger partial charge is 0.354 e. The number of para-hydroxylation sites is 1. The van der Waals surface area contributed by atoms with E-state index < -0.39 is 6.04 Å². The van der Waals surface area contributed by atoms with E-state index in [1.165, 1.54) is 5.56 Å². The molecule has 0 saturated carbocycles. The van der Waals surface area contributed by atoms with Gasteiger partial charge in [-0.05, 0) is 55.0 Å². The molecule has 0 fully saturated rings. The lowest BCUT2D eigenvalue weighted by molar-refractivity contribution is -0.123. The van der Waals surface area contributed by atoms with Crippen molar-refractivity contribution < 1.29 is 9.59 Å². The average Bonchev–Trinajstić information content (AvgIpc) is 3.30. The Kier molecular flexibility index (Phi) is 7.94. The van der Waals surface area contributed by atoms with Crippen molar-refractivity contribution in [2.24, 2.45) is 0 Å². The molecule has 0 radical (unpaired) electrons. The monoisotopic (exact) mass is 474 g/mol. The van der Waals surface area contributed by atoms with Crippen molar-refractivity contribution in [2.45, 2.75) is 31.7 Å². The minimum Gasteiger partial charge on any atom is -0.354 e. The Morgan fingerprint density at radius 2 is 1.59 bits per heavy atom. The SMILES string of the molecule is O=C(N[C@@H](CCc1ccc(Cl)cc1)C(=O)NCCCc1ccccc1)c1n[nH]c2ccccc12. The Balaban J connectivity index is 1.40. The summed E-state index contributed by atoms with van der Waals surface area (Å²) in [5.74, 6) is -0.576. The Morgan fingerprint density at radius 1 is 0.882 bits per heavy atom. The van der Waals surface area contributed by atoms with Crippen molar-refractivity contribution >= 4 is 34.3 Å². The van der Waals surface area contributed by atoms with E-state index in [2.05, 4.69) is 33.0 Å². The number of carbonyl (C=O) groups is 2. The van der Waals surface area contributed by atoms with E-state index in [1.54, 1.807) is 0 Å². The summed E-state index contributed by atoms with van der Waals surface area (Å²) in [4.78, 5) is 26.0. The molecule has 34 heavy (non-hydrogen) atoms. The van der Waals surface area contributed by atoms with Crippen LogP contribution < -0.4 is 10.6 Å². The highest BCUT2D eigenvalue weighted by atomic mass is 35.5. The number of aromatic nitrogens is 2. The summed E-state index contributed by atoms with van der Waals surface area (Å²) in [5.41, 5.74) is 3.33. The molecular formula is C27H27ClN4O2. The highest BCUT2D eigenvalue weighted by Crippen LogP contribution is 2.16. The van der Waals surface area contributed by atoms with Crippen LogP contribution in [0.1, 0.15) is 34.5 Å². The summed E-state index contributed by atoms with van der Waals surface area (Å²) >= 11 is 5.98. The molecule has 0 aliphatic rings. The maximum Gasteiger partial charge on any atom is 0.273 e. The Hall–Kier alpha value is -3.64. The number of hydrogen-bond donors (Lipinski definition) is 3. The molecule has 4 rings (SSSR count). The minimum absolute atomic E-state index is 0.199. The predicted octanol–water partition coefficient (Wildman–Crippen LogP) is 4.70. The van der Waals surface area contributed by atoms with Gasteiger partial charge in [0.15, 0.2) is 5.69 Å². The lowest BCUT2D eigenvalue weighted by atomic mass is 10.0. The molecule has 0 unspecified atom stereocenters. The molecule has 0 aliphatic carbocycles. The summed E-state index contributed by atoms with van der Waals surface area (Å²) in [5, 5.41) is 14.3. The first-order valence-corrected chi connectivity index (χ1v) is 11.8. The third-order valence-electron chi connectivity index (χ3n) is 5.73. The smallest absolute Gasteiger partial charge is 0.273 e. The van der Waals surface area contributed by atoms with E-state index in [-0.39, 0.29) is 17.5 Å². The van der Waals surface area contributed by atoms with Crippen LogP contribution in [-0.2, 0) is 17.6 Å². The van der Waals surface area contributed by atoms with Gasteiger partial charge in [-0.3, -0.25) is 14.7 Å². The maximum atomic E-state index is 13.0. The molecular weight excluding hydrogens is 448 g/mol. The van der Waals surface area contributed by atoms with Crippen molar-refractivity contribution in [3.8, 4) is 0 Å². The molecule has 1 heterocycles. The number of nitrogens with one attached hydrogen (secondary N) is 3. The summed E-state index contributed by atoms with van der Waals surface area (Å²) in [7, 11) is 0. The van der Waals surface area contributed by atoms with Crippen molar-refractivity contribution in [2.75, 3.05) is 6.54 Å². The first-order valence-electron chi connectivity index (χ1n) is 11.4. The Bertz CT molecular complexity index is 1240. The molecule has 2 amide bonds. The zero-order valence-corrected chi connectivity index (χ0v) is 19.5. The van der Waals surface area contributed by atoms with Crippen molar-refractivity contribution in [1.29, 1.82) is 0 Å². The fraction of sp³-hybridized carbons (Fsp3) is 0.222. The molecule has 6 nitrogen and oxygen atoms in total. The van der Waals surface area contributed by atoms with Crippen LogP contribution in [0.5, 0.6) is 0 Å². The van der Waals surface area contributed by atoms with E-state index in [4.69, 9.17) is 11.6 Å². The summed E-state index contributed by atoms with van der Waals surface area (Å²) in [6, 6.07) is 24.4. The first-order chi connectivity index (χ1) is 16.6. The number of nitrogens with zero attached hydrogens (tertiary/aromatic N) is 1. The summed E-state index contributed by atoms with van der Waals surface area (Å²) in [6.45, 7) is 0.534. The van der Waals surface area contributed by atoms with Crippen molar-refractivity contribution in [1.82, 2.24) is 20.8 Å². The summed E-state index contributed by atoms with van der Waals surface area (Å²) in [6.07, 6.45) is 2.78. The van der Waals surface area contributed by atoms with E-state index >= 15 is 0 Å². The Labute approximate surface area is 203 Å². The van der Waals surface area contributed by atoms with E-state index in [0.717, 1.165) is 29.3 Å². The van der Waals surface area contributed by atoms with Gasteiger partial charge in [-0.25, -0.2) is 0 Å². The number of hydrogen-bond acceptors (Lipinski definition) is 3. The van der Waals surface area contributed by atoms with Gasteiger partial charge in [0.05, 0.1) is 5.52 Å². The van der Waals surface area contributed by atoms with Crippen molar-refractivity contribution in [3.05, 3.63) is 101 Å². The number of aryl methyl sites for hydroxylation is 2. The van der Waals surface area contributed by atoms with E-state index in [9.17, 15) is 9.59 Å². The number of amides is 2. The molecule has 3 N–H and O–H groups in total. The van der Waals surface area contributed by atoms with Crippen molar-refractivity contribution in [3.63, 3.8) is 0 Å². The van der Waals surface area contributed by atoms with E-state index in [1.807, 2.05) is 66.7 Å². The van der Waals surface area contributed by atoms with Gasteiger partial charge in [0, 0.05) is 17.0 Å². The third kappa shape index (κ3) is 6.23. The number of rotatable bonds is 10. The van der Waals surface area contributed by atoms with E-state index in [0.29, 0.717) is 24.4 Å². The van der Waals surface area contributed by atoms with Gasteiger partial charge in [0.2, 0.25) is 5.91 Å². The number of aromatic amines is 1. The van der Waals surface area contributed by atoms with Crippen LogP contribution in [-0.4, -0.2) is 34.6 Å². The molecule has 7 heteroatoms. The molecule has 0 bridgehead atoms. The van der Waals surface area contributed by atoms with Gasteiger partial charge in [0.25, 0.3) is 5.91 Å². The average molecular weight is 475 g/mol. The second kappa shape index (κ2) is 11.5. The lowest BCUT2D eigenvalue weighted by Gasteiger charge is -2.18. The minimum atomic E-state index is -0.685. The molecule has 0 aliphatic heterocycles. The second-order valence-corrected chi connectivity index (χ2v) is 8.63. The fourth-order valence-corrected chi connectivity index (χ4v) is 3.99. The van der Waals surface area contributed by atoms with Crippen LogP contribution in [0, 0.1) is 0 Å². The van der Waals surface area contributed by atoms with Crippen LogP contribution in [0.4, 0.5) is 0 Å². The topological polar surface area (TPSA) is 86.9 Å². The van der Waals surface area contributed by atoms with Crippen LogP contribution in [0.3, 0.4) is 0 Å². The highest BCUT2D eigenvalue weighted by molar-refractivity contribution is 6.30. The van der Waals surface area contributed by atoms with Gasteiger partial charge in [-0.2, -0.15) is 5.10 Å². The van der Waals surface area contributed by atoms with Crippen LogP contribution in [0.2, 0.25) is 5.02 Å². The van der Waals surface area contributed by atoms with Gasteiger partial charge < -0.3 is 10.6 Å². The number of carbonyl (C=O) groups excluding carboxylic acids is 2. The van der Waals surface area contributed by atoms with Crippen LogP contribution in [0.25, 0.3) is 10.9 Å². The number of halogens is 1. The van der Waals surface area contributed by atoms with Gasteiger partial charge in [0.1, 0.15) is 6.04 Å². The lowest BCUT2D eigenvalue weighted by Crippen LogP contribution is -2.47. The molecule has 1 atom stereocenters. The van der Waals surface area contributed by atoms with Gasteiger partial charge in [-0.15, -0.1) is 0 Å². The van der Waals surface area contributed by atoms with Crippen LogP contribution in [0.15, 0.2) is 78.9 Å². The molecule has 0 saturated heterocycles. The predicted molar refractivity (Wildman–Crippen MR) is 135 cm³/mol. The quantitative estimate of drug-likeness (QED) is 0.291. The zero-order chi connectivity index (χ0) is 23.8. The first kappa shape index (κ1) is 23.5. The number of H-pyrrole nitrogens is 1. The third-order valence-corrected chi connectivity index (χ3v) is 5.98.